The summed E-state index contributed by atoms with van der Waals surface area (Å²) >= 11 is 0. The van der Waals surface area contributed by atoms with Crippen molar-refractivity contribution < 1.29 is 0 Å². The lowest BCUT2D eigenvalue weighted by atomic mass is 10.2. The average Bonchev–Trinajstić information content (AvgIpc) is 2.50. The van der Waals surface area contributed by atoms with Crippen LogP contribution in [-0.2, 0) is 0 Å². The van der Waals surface area contributed by atoms with Crippen molar-refractivity contribution in [3.63, 3.8) is 0 Å². The summed E-state index contributed by atoms with van der Waals surface area (Å²) in [6.45, 7) is 15.3. The molecule has 0 amide bonds. The minimum Gasteiger partial charge on any atom is -0.317 e. The molecule has 0 atom stereocenters. The molecule has 0 bridgehead atoms. The minimum atomic E-state index is 1.18. The monoisotopic (exact) mass is 299 g/mol. The highest BCUT2D eigenvalue weighted by Gasteiger charge is 2.03. The molecule has 0 spiro atoms. The van der Waals surface area contributed by atoms with Gasteiger partial charge in [0.15, 0.2) is 0 Å². The third kappa shape index (κ3) is 16.1. The maximum absolute atomic E-state index is 3.55. The fourth-order valence-corrected chi connectivity index (χ4v) is 2.43. The molecule has 2 N–H and O–H groups in total. The molecule has 0 fully saturated rings. The Morgan fingerprint density at radius 2 is 0.905 bits per heavy atom. The summed E-state index contributed by atoms with van der Waals surface area (Å²) in [5.41, 5.74) is 0. The quantitative estimate of drug-likeness (QED) is 0.401. The average molecular weight is 300 g/mol. The molecule has 0 rings (SSSR count). The second kappa shape index (κ2) is 17.9. The van der Waals surface area contributed by atoms with Crippen LogP contribution >= 0.6 is 0 Å². The molecule has 3 nitrogen and oxygen atoms in total. The van der Waals surface area contributed by atoms with Crippen LogP contribution < -0.4 is 10.6 Å². The summed E-state index contributed by atoms with van der Waals surface area (Å²) in [5.74, 6) is 0. The Balaban J connectivity index is 3.56. The van der Waals surface area contributed by atoms with Gasteiger partial charge >= 0.3 is 0 Å². The Hall–Kier alpha value is -0.120. The molecule has 0 unspecified atom stereocenters. The highest BCUT2D eigenvalue weighted by atomic mass is 15.1. The first-order valence-electron chi connectivity index (χ1n) is 9.48. The van der Waals surface area contributed by atoms with E-state index in [9.17, 15) is 0 Å². The molecule has 0 saturated carbocycles. The lowest BCUT2D eigenvalue weighted by Gasteiger charge is -2.22. The topological polar surface area (TPSA) is 27.3 Å². The van der Waals surface area contributed by atoms with Crippen LogP contribution in [0.3, 0.4) is 0 Å². The van der Waals surface area contributed by atoms with Crippen molar-refractivity contribution in [2.45, 2.75) is 72.1 Å². The maximum Gasteiger partial charge on any atom is -0.000663 e. The lowest BCUT2D eigenvalue weighted by Crippen LogP contribution is -2.31. The van der Waals surface area contributed by atoms with Gasteiger partial charge in [0.05, 0.1) is 0 Å². The zero-order valence-corrected chi connectivity index (χ0v) is 15.1. The van der Waals surface area contributed by atoms with Crippen molar-refractivity contribution in [2.75, 3.05) is 45.8 Å². The smallest absolute Gasteiger partial charge is 0.000663 e. The van der Waals surface area contributed by atoms with Crippen LogP contribution in [0.2, 0.25) is 0 Å². The summed E-state index contributed by atoms with van der Waals surface area (Å²) in [4.78, 5) is 2.66. The largest absolute Gasteiger partial charge is 0.317 e. The van der Waals surface area contributed by atoms with E-state index < -0.39 is 0 Å². The van der Waals surface area contributed by atoms with Crippen molar-refractivity contribution in [1.82, 2.24) is 15.5 Å². The highest BCUT2D eigenvalue weighted by molar-refractivity contribution is 4.61. The number of hydrogen-bond acceptors (Lipinski definition) is 3. The second-order valence-electron chi connectivity index (χ2n) is 6.11. The Bertz CT molecular complexity index is 169. The van der Waals surface area contributed by atoms with E-state index in [2.05, 4.69) is 36.3 Å². The van der Waals surface area contributed by atoms with E-state index in [1.165, 1.54) is 97.2 Å². The number of hydrogen-bond donors (Lipinski definition) is 2. The first-order valence-corrected chi connectivity index (χ1v) is 9.48. The molecule has 0 saturated heterocycles. The van der Waals surface area contributed by atoms with Gasteiger partial charge in [0, 0.05) is 0 Å². The van der Waals surface area contributed by atoms with Crippen molar-refractivity contribution >= 4 is 0 Å². The molecule has 21 heavy (non-hydrogen) atoms. The van der Waals surface area contributed by atoms with Gasteiger partial charge in [0.1, 0.15) is 0 Å². The van der Waals surface area contributed by atoms with Gasteiger partial charge in [-0.05, 0) is 77.9 Å². The molecular weight excluding hydrogens is 258 g/mol. The van der Waals surface area contributed by atoms with Crippen LogP contribution in [0, 0.1) is 0 Å². The van der Waals surface area contributed by atoms with Gasteiger partial charge in [-0.1, -0.05) is 40.0 Å². The van der Waals surface area contributed by atoms with Gasteiger partial charge in [-0.15, -0.1) is 0 Å². The lowest BCUT2D eigenvalue weighted by molar-refractivity contribution is 0.260. The van der Waals surface area contributed by atoms with Crippen molar-refractivity contribution in [2.24, 2.45) is 0 Å². The van der Waals surface area contributed by atoms with E-state index in [-0.39, 0.29) is 0 Å². The number of nitrogens with zero attached hydrogens (tertiary/aromatic N) is 1. The molecule has 0 radical (unpaired) electrons. The fraction of sp³-hybridized carbons (Fsp3) is 1.00. The van der Waals surface area contributed by atoms with Crippen molar-refractivity contribution in [3.8, 4) is 0 Å². The zero-order chi connectivity index (χ0) is 15.6. The highest BCUT2D eigenvalue weighted by Crippen LogP contribution is 1.98. The first kappa shape index (κ1) is 20.9. The van der Waals surface area contributed by atoms with Gasteiger partial charge < -0.3 is 15.5 Å². The Morgan fingerprint density at radius 3 is 1.33 bits per heavy atom. The van der Waals surface area contributed by atoms with Gasteiger partial charge in [0.25, 0.3) is 0 Å². The van der Waals surface area contributed by atoms with Crippen LogP contribution in [-0.4, -0.2) is 50.7 Å². The molecule has 0 aromatic rings. The predicted octanol–water partition coefficient (Wildman–Crippen LogP) is 3.65. The molecule has 0 aromatic carbocycles. The van der Waals surface area contributed by atoms with E-state index in [4.69, 9.17) is 0 Å². The molecular formula is C18H41N3. The van der Waals surface area contributed by atoms with Gasteiger partial charge in [-0.2, -0.15) is 0 Å². The summed E-state index contributed by atoms with van der Waals surface area (Å²) < 4.78 is 0. The zero-order valence-electron chi connectivity index (χ0n) is 15.1. The Kier molecular flexibility index (Phi) is 17.8. The third-order valence-corrected chi connectivity index (χ3v) is 3.90. The SMILES string of the molecule is CCCCNCCCN(CCCC)CCCNCCCC. The summed E-state index contributed by atoms with van der Waals surface area (Å²) in [7, 11) is 0. The molecule has 0 aliphatic heterocycles. The van der Waals surface area contributed by atoms with Crippen LogP contribution in [0.4, 0.5) is 0 Å². The van der Waals surface area contributed by atoms with Crippen LogP contribution in [0.1, 0.15) is 72.1 Å². The maximum atomic E-state index is 3.55. The van der Waals surface area contributed by atoms with Crippen LogP contribution in [0.15, 0.2) is 0 Å². The fourth-order valence-electron chi connectivity index (χ4n) is 2.43. The summed E-state index contributed by atoms with van der Waals surface area (Å²) in [6.07, 6.45) is 10.4. The Labute approximate surface area is 134 Å². The normalized spacial score (nSPS) is 11.4. The van der Waals surface area contributed by atoms with Crippen LogP contribution in [0.25, 0.3) is 0 Å². The molecule has 0 heterocycles. The standard InChI is InChI=1S/C18H41N3/c1-4-7-12-19-14-10-17-21(16-9-6-3)18-11-15-20-13-8-5-2/h19-20H,4-18H2,1-3H3. The molecule has 0 aliphatic rings. The second-order valence-corrected chi connectivity index (χ2v) is 6.11. The number of rotatable bonds is 17. The van der Waals surface area contributed by atoms with E-state index >= 15 is 0 Å². The number of nitrogens with one attached hydrogen (secondary N) is 2. The third-order valence-electron chi connectivity index (χ3n) is 3.90. The minimum absolute atomic E-state index is 1.18. The number of unbranched alkanes of at least 4 members (excludes halogenated alkanes) is 3. The van der Waals surface area contributed by atoms with Crippen LogP contribution in [0.5, 0.6) is 0 Å². The van der Waals surface area contributed by atoms with E-state index in [1.54, 1.807) is 0 Å². The molecule has 0 aromatic heterocycles. The predicted molar refractivity (Wildman–Crippen MR) is 96.1 cm³/mol. The van der Waals surface area contributed by atoms with Gasteiger partial charge in [-0.25, -0.2) is 0 Å². The molecule has 3 heteroatoms. The summed E-state index contributed by atoms with van der Waals surface area (Å²) in [6, 6.07) is 0. The summed E-state index contributed by atoms with van der Waals surface area (Å²) in [5, 5.41) is 7.10. The van der Waals surface area contributed by atoms with Gasteiger partial charge in [0.2, 0.25) is 0 Å². The van der Waals surface area contributed by atoms with E-state index in [0.717, 1.165) is 0 Å². The molecule has 128 valence electrons. The van der Waals surface area contributed by atoms with Gasteiger partial charge in [-0.3, -0.25) is 0 Å². The molecule has 0 aliphatic carbocycles. The van der Waals surface area contributed by atoms with E-state index in [0.29, 0.717) is 0 Å². The first-order chi connectivity index (χ1) is 10.3. The van der Waals surface area contributed by atoms with Crippen molar-refractivity contribution in [3.05, 3.63) is 0 Å². The Morgan fingerprint density at radius 1 is 0.524 bits per heavy atom. The van der Waals surface area contributed by atoms with Crippen molar-refractivity contribution in [1.29, 1.82) is 0 Å². The van der Waals surface area contributed by atoms with E-state index in [1.807, 2.05) is 0 Å².